The molecule has 2 aliphatic rings. The monoisotopic (exact) mass is 347 g/mol. The van der Waals surface area contributed by atoms with Crippen molar-refractivity contribution in [2.45, 2.75) is 43.6 Å². The molecule has 3 N–H and O–H groups in total. The largest absolute Gasteiger partial charge is 0.354 e. The Morgan fingerprint density at radius 3 is 2.48 bits per heavy atom. The Kier molecular flexibility index (Phi) is 5.37. The van der Waals surface area contributed by atoms with Crippen molar-refractivity contribution >= 4 is 12.3 Å². The molecule has 6 heteroatoms. The number of nitrogens with two attached hydrogens (primary N) is 1. The van der Waals surface area contributed by atoms with Gasteiger partial charge >= 0.3 is 0 Å². The molecule has 1 aromatic rings. The molecule has 2 amide bonds. The predicted molar refractivity (Wildman–Crippen MR) is 93.3 cm³/mol. The highest BCUT2D eigenvalue weighted by molar-refractivity contribution is 5.82. The SMILES string of the molecule is NC(C(=O)NCC1(c2ccc(F)cc2)CCC1)C1CCN(C=O)CC1. The zero-order chi connectivity index (χ0) is 17.9. The molecular weight excluding hydrogens is 321 g/mol. The Labute approximate surface area is 147 Å². The van der Waals surface area contributed by atoms with Crippen molar-refractivity contribution in [3.8, 4) is 0 Å². The van der Waals surface area contributed by atoms with Crippen LogP contribution < -0.4 is 11.1 Å². The van der Waals surface area contributed by atoms with Gasteiger partial charge < -0.3 is 16.0 Å². The number of likely N-dealkylation sites (tertiary alicyclic amines) is 1. The van der Waals surface area contributed by atoms with Gasteiger partial charge in [-0.3, -0.25) is 9.59 Å². The zero-order valence-electron chi connectivity index (χ0n) is 14.4. The summed E-state index contributed by atoms with van der Waals surface area (Å²) in [6.45, 7) is 1.86. The second kappa shape index (κ2) is 7.52. The van der Waals surface area contributed by atoms with Gasteiger partial charge in [0.05, 0.1) is 6.04 Å². The van der Waals surface area contributed by atoms with Gasteiger partial charge in [-0.15, -0.1) is 0 Å². The molecule has 136 valence electrons. The molecule has 0 radical (unpaired) electrons. The maximum Gasteiger partial charge on any atom is 0.237 e. The number of carbonyl (C=O) groups is 2. The molecular formula is C19H26FN3O2. The van der Waals surface area contributed by atoms with Gasteiger partial charge in [-0.1, -0.05) is 18.6 Å². The summed E-state index contributed by atoms with van der Waals surface area (Å²) >= 11 is 0. The minimum Gasteiger partial charge on any atom is -0.354 e. The molecule has 1 atom stereocenters. The van der Waals surface area contributed by atoms with Gasteiger partial charge in [0.1, 0.15) is 5.82 Å². The van der Waals surface area contributed by atoms with Crippen molar-refractivity contribution in [2.75, 3.05) is 19.6 Å². The maximum atomic E-state index is 13.2. The van der Waals surface area contributed by atoms with Crippen LogP contribution in [0.2, 0.25) is 0 Å². The van der Waals surface area contributed by atoms with Gasteiger partial charge in [-0.05, 0) is 49.3 Å². The lowest BCUT2D eigenvalue weighted by Gasteiger charge is -2.43. The van der Waals surface area contributed by atoms with Crippen LogP contribution in [-0.4, -0.2) is 42.9 Å². The van der Waals surface area contributed by atoms with Crippen molar-refractivity contribution in [2.24, 2.45) is 11.7 Å². The highest BCUT2D eigenvalue weighted by Crippen LogP contribution is 2.43. The van der Waals surface area contributed by atoms with Crippen molar-refractivity contribution in [1.29, 1.82) is 0 Å². The van der Waals surface area contributed by atoms with Crippen molar-refractivity contribution in [3.63, 3.8) is 0 Å². The summed E-state index contributed by atoms with van der Waals surface area (Å²) in [5.41, 5.74) is 7.14. The normalized spacial score (nSPS) is 21.3. The third kappa shape index (κ3) is 3.84. The number of nitrogens with one attached hydrogen (secondary N) is 1. The fourth-order valence-corrected chi connectivity index (χ4v) is 3.95. The summed E-state index contributed by atoms with van der Waals surface area (Å²) in [6, 6.07) is 6.04. The van der Waals surface area contributed by atoms with E-state index < -0.39 is 6.04 Å². The maximum absolute atomic E-state index is 13.2. The smallest absolute Gasteiger partial charge is 0.237 e. The Morgan fingerprint density at radius 2 is 1.96 bits per heavy atom. The number of nitrogens with zero attached hydrogens (tertiary/aromatic N) is 1. The molecule has 1 saturated heterocycles. The minimum atomic E-state index is -0.542. The highest BCUT2D eigenvalue weighted by Gasteiger charge is 2.39. The standard InChI is InChI=1S/C19H26FN3O2/c20-16-4-2-15(3-5-16)19(8-1-9-19)12-22-18(25)17(21)14-6-10-23(13-24)11-7-14/h2-5,13-14,17H,1,6-12,21H2,(H,22,25). The Hall–Kier alpha value is -1.95. The summed E-state index contributed by atoms with van der Waals surface area (Å²) in [4.78, 5) is 25.0. The summed E-state index contributed by atoms with van der Waals surface area (Å²) < 4.78 is 13.2. The molecule has 5 nitrogen and oxygen atoms in total. The van der Waals surface area contributed by atoms with Gasteiger partial charge in [0.2, 0.25) is 12.3 Å². The van der Waals surface area contributed by atoms with Gasteiger partial charge in [0.25, 0.3) is 0 Å². The molecule has 1 saturated carbocycles. The number of rotatable bonds is 6. The first-order chi connectivity index (χ1) is 12.0. The number of halogens is 1. The topological polar surface area (TPSA) is 75.4 Å². The molecule has 25 heavy (non-hydrogen) atoms. The van der Waals surface area contributed by atoms with Crippen molar-refractivity contribution < 1.29 is 14.0 Å². The summed E-state index contributed by atoms with van der Waals surface area (Å²) in [5.74, 6) is -0.261. The molecule has 0 aromatic heterocycles. The molecule has 1 aromatic carbocycles. The van der Waals surface area contributed by atoms with E-state index in [1.807, 2.05) is 12.1 Å². The molecule has 1 aliphatic carbocycles. The van der Waals surface area contributed by atoms with E-state index in [9.17, 15) is 14.0 Å². The third-order valence-corrected chi connectivity index (χ3v) is 5.90. The number of hydrogen-bond donors (Lipinski definition) is 2. The van der Waals surface area contributed by atoms with Crippen LogP contribution in [0, 0.1) is 11.7 Å². The number of amides is 2. The quantitative estimate of drug-likeness (QED) is 0.767. The van der Waals surface area contributed by atoms with Crippen LogP contribution in [0.25, 0.3) is 0 Å². The van der Waals surface area contributed by atoms with Gasteiger partial charge in [0, 0.05) is 25.0 Å². The van der Waals surface area contributed by atoms with Crippen LogP contribution >= 0.6 is 0 Å². The Morgan fingerprint density at radius 1 is 1.32 bits per heavy atom. The number of benzene rings is 1. The van der Waals surface area contributed by atoms with E-state index >= 15 is 0 Å². The Bertz CT molecular complexity index is 608. The van der Waals surface area contributed by atoms with Crippen molar-refractivity contribution in [1.82, 2.24) is 10.2 Å². The summed E-state index contributed by atoms with van der Waals surface area (Å²) in [5, 5.41) is 3.02. The van der Waals surface area contributed by atoms with Crippen LogP contribution in [0.15, 0.2) is 24.3 Å². The first kappa shape index (κ1) is 17.9. The molecule has 3 rings (SSSR count). The van der Waals surface area contributed by atoms with E-state index in [-0.39, 0.29) is 23.1 Å². The first-order valence-corrected chi connectivity index (χ1v) is 9.03. The van der Waals surface area contributed by atoms with Crippen LogP contribution in [-0.2, 0) is 15.0 Å². The number of piperidine rings is 1. The molecule has 1 unspecified atom stereocenters. The third-order valence-electron chi connectivity index (χ3n) is 5.90. The van der Waals surface area contributed by atoms with Crippen LogP contribution in [0.1, 0.15) is 37.7 Å². The van der Waals surface area contributed by atoms with Crippen LogP contribution in [0.4, 0.5) is 4.39 Å². The van der Waals surface area contributed by atoms with E-state index in [2.05, 4.69) is 5.32 Å². The average molecular weight is 347 g/mol. The van der Waals surface area contributed by atoms with E-state index in [0.717, 1.165) is 44.1 Å². The average Bonchev–Trinajstić information content (AvgIpc) is 2.61. The zero-order valence-corrected chi connectivity index (χ0v) is 14.4. The lowest BCUT2D eigenvalue weighted by molar-refractivity contribution is -0.124. The predicted octanol–water partition coefficient (Wildman–Crippen LogP) is 1.56. The lowest BCUT2D eigenvalue weighted by atomic mass is 9.64. The van der Waals surface area contributed by atoms with Gasteiger partial charge in [0.15, 0.2) is 0 Å². The second-order valence-electron chi connectivity index (χ2n) is 7.36. The van der Waals surface area contributed by atoms with E-state index in [0.29, 0.717) is 19.6 Å². The van der Waals surface area contributed by atoms with Crippen LogP contribution in [0.5, 0.6) is 0 Å². The number of carbonyl (C=O) groups excluding carboxylic acids is 2. The molecule has 0 spiro atoms. The first-order valence-electron chi connectivity index (χ1n) is 9.03. The van der Waals surface area contributed by atoms with Crippen molar-refractivity contribution in [3.05, 3.63) is 35.6 Å². The fraction of sp³-hybridized carbons (Fsp3) is 0.579. The van der Waals surface area contributed by atoms with E-state index in [4.69, 9.17) is 5.73 Å². The number of hydrogen-bond acceptors (Lipinski definition) is 3. The van der Waals surface area contributed by atoms with Crippen LogP contribution in [0.3, 0.4) is 0 Å². The summed E-state index contributed by atoms with van der Waals surface area (Å²) in [6.07, 6.45) is 5.47. The minimum absolute atomic E-state index is 0.0933. The van der Waals surface area contributed by atoms with Gasteiger partial charge in [-0.25, -0.2) is 4.39 Å². The molecule has 0 bridgehead atoms. The second-order valence-corrected chi connectivity index (χ2v) is 7.36. The molecule has 2 fully saturated rings. The van der Waals surface area contributed by atoms with E-state index in [1.165, 1.54) is 12.1 Å². The molecule has 1 heterocycles. The lowest BCUT2D eigenvalue weighted by Crippen LogP contribution is -2.53. The van der Waals surface area contributed by atoms with Gasteiger partial charge in [-0.2, -0.15) is 0 Å². The Balaban J connectivity index is 1.55. The molecule has 1 aliphatic heterocycles. The summed E-state index contributed by atoms with van der Waals surface area (Å²) in [7, 11) is 0. The highest BCUT2D eigenvalue weighted by atomic mass is 19.1. The van der Waals surface area contributed by atoms with E-state index in [1.54, 1.807) is 4.90 Å². The fourth-order valence-electron chi connectivity index (χ4n) is 3.95.